The number of nitrogens with zero attached hydrogens (tertiary/aromatic N) is 2. The molecule has 0 heterocycles. The van der Waals surface area contributed by atoms with Crippen LogP contribution in [0.2, 0.25) is 10.0 Å². The van der Waals surface area contributed by atoms with E-state index >= 15 is 0 Å². The first-order valence-electron chi connectivity index (χ1n) is 13.0. The molecule has 3 aromatic carbocycles. The van der Waals surface area contributed by atoms with Gasteiger partial charge in [0.1, 0.15) is 12.6 Å². The lowest BCUT2D eigenvalue weighted by atomic mass is 10.1. The fraction of sp³-hybridized carbons (Fsp3) is 0.310. The summed E-state index contributed by atoms with van der Waals surface area (Å²) < 4.78 is 69.0. The van der Waals surface area contributed by atoms with Gasteiger partial charge in [-0.3, -0.25) is 13.9 Å². The van der Waals surface area contributed by atoms with Crippen molar-refractivity contribution in [3.8, 4) is 0 Å². The summed E-state index contributed by atoms with van der Waals surface area (Å²) in [5.74, 6) is -1.35. The van der Waals surface area contributed by atoms with Crippen LogP contribution in [0.4, 0.5) is 18.9 Å². The van der Waals surface area contributed by atoms with Gasteiger partial charge in [-0.15, -0.1) is 0 Å². The molecule has 0 bridgehead atoms. The third kappa shape index (κ3) is 8.17. The van der Waals surface area contributed by atoms with E-state index in [2.05, 4.69) is 5.32 Å². The third-order valence-electron chi connectivity index (χ3n) is 6.45. The van der Waals surface area contributed by atoms with Gasteiger partial charge in [0.2, 0.25) is 11.8 Å². The number of rotatable bonds is 12. The first kappa shape index (κ1) is 33.2. The molecule has 0 aromatic heterocycles. The van der Waals surface area contributed by atoms with E-state index in [0.717, 1.165) is 17.4 Å². The molecule has 0 saturated carbocycles. The Morgan fingerprint density at radius 3 is 2.21 bits per heavy atom. The van der Waals surface area contributed by atoms with Crippen molar-refractivity contribution >= 4 is 50.7 Å². The topological polar surface area (TPSA) is 86.8 Å². The number of unbranched alkanes of at least 4 members (excludes halogenated alkanes) is 1. The molecule has 13 heteroatoms. The summed E-state index contributed by atoms with van der Waals surface area (Å²) in [6.07, 6.45) is -3.29. The van der Waals surface area contributed by atoms with Crippen LogP contribution in [0.1, 0.15) is 37.8 Å². The molecule has 0 aliphatic heterocycles. The fourth-order valence-corrected chi connectivity index (χ4v) is 5.95. The maximum absolute atomic E-state index is 13.9. The van der Waals surface area contributed by atoms with Crippen molar-refractivity contribution in [1.29, 1.82) is 0 Å². The smallest absolute Gasteiger partial charge is 0.354 e. The van der Waals surface area contributed by atoms with Gasteiger partial charge in [-0.1, -0.05) is 72.9 Å². The van der Waals surface area contributed by atoms with E-state index in [-0.39, 0.29) is 16.5 Å². The minimum absolute atomic E-state index is 0.170. The monoisotopic (exact) mass is 643 g/mol. The molecule has 0 fully saturated rings. The summed E-state index contributed by atoms with van der Waals surface area (Å²) in [7, 11) is -4.60. The quantitative estimate of drug-likeness (QED) is 0.227. The van der Waals surface area contributed by atoms with E-state index in [0.29, 0.717) is 40.0 Å². The summed E-state index contributed by atoms with van der Waals surface area (Å²) in [5.41, 5.74) is -1.21. The number of nitrogens with one attached hydrogen (secondary N) is 1. The Morgan fingerprint density at radius 2 is 1.60 bits per heavy atom. The number of hydrogen-bond donors (Lipinski definition) is 1. The summed E-state index contributed by atoms with van der Waals surface area (Å²) in [6.45, 7) is 2.67. The SMILES string of the molecule is CCCCNC(=O)[C@H](C)N(Cc1ccccc1Cl)C(=O)CN(c1cc(C(F)(F)F)ccc1Cl)S(=O)(=O)c1ccccc1. The first-order valence-corrected chi connectivity index (χ1v) is 15.2. The predicted octanol–water partition coefficient (Wildman–Crippen LogP) is 6.54. The number of halogens is 5. The normalized spacial score (nSPS) is 12.5. The molecule has 0 aliphatic rings. The average molecular weight is 645 g/mol. The lowest BCUT2D eigenvalue weighted by Gasteiger charge is -2.32. The van der Waals surface area contributed by atoms with E-state index in [4.69, 9.17) is 23.2 Å². The van der Waals surface area contributed by atoms with Crippen LogP contribution in [-0.2, 0) is 32.3 Å². The van der Waals surface area contributed by atoms with Gasteiger partial charge in [0.15, 0.2) is 0 Å². The second kappa shape index (κ2) is 14.3. The fourth-order valence-electron chi connectivity index (χ4n) is 4.04. The van der Waals surface area contributed by atoms with Crippen molar-refractivity contribution < 1.29 is 31.2 Å². The average Bonchev–Trinajstić information content (AvgIpc) is 2.95. The van der Waals surface area contributed by atoms with Crippen LogP contribution < -0.4 is 9.62 Å². The standard InChI is InChI=1S/C29H30Cl2F3N3O4S/c1-3-4-16-35-28(39)20(2)36(18-21-10-8-9-13-24(21)30)27(38)19-37(42(40,41)23-11-6-5-7-12-23)26-17-22(29(32,33)34)14-15-25(26)31/h5-15,17,20H,3-4,16,18-19H2,1-2H3,(H,35,39)/t20-/m0/s1. The van der Waals surface area contributed by atoms with Crippen LogP contribution in [-0.4, -0.2) is 44.3 Å². The van der Waals surface area contributed by atoms with Gasteiger partial charge in [-0.25, -0.2) is 8.42 Å². The molecule has 0 saturated heterocycles. The maximum Gasteiger partial charge on any atom is 0.416 e. The minimum atomic E-state index is -4.81. The Hall–Kier alpha value is -3.28. The Balaban J connectivity index is 2.11. The minimum Gasteiger partial charge on any atom is -0.354 e. The van der Waals surface area contributed by atoms with Gasteiger partial charge in [0, 0.05) is 18.1 Å². The molecular formula is C29H30Cl2F3N3O4S. The highest BCUT2D eigenvalue weighted by Crippen LogP contribution is 2.37. The first-order chi connectivity index (χ1) is 19.8. The molecule has 226 valence electrons. The molecule has 0 aliphatic carbocycles. The lowest BCUT2D eigenvalue weighted by Crippen LogP contribution is -2.51. The van der Waals surface area contributed by atoms with E-state index in [1.165, 1.54) is 31.2 Å². The highest BCUT2D eigenvalue weighted by molar-refractivity contribution is 7.92. The molecule has 1 N–H and O–H groups in total. The summed E-state index contributed by atoms with van der Waals surface area (Å²) >= 11 is 12.6. The zero-order chi connectivity index (χ0) is 31.1. The lowest BCUT2D eigenvalue weighted by molar-refractivity contribution is -0.139. The molecule has 2 amide bonds. The maximum atomic E-state index is 13.9. The van der Waals surface area contributed by atoms with Crippen molar-refractivity contribution in [2.45, 2.75) is 50.3 Å². The van der Waals surface area contributed by atoms with Crippen LogP contribution in [0.15, 0.2) is 77.7 Å². The molecule has 42 heavy (non-hydrogen) atoms. The largest absolute Gasteiger partial charge is 0.416 e. The Kier molecular flexibility index (Phi) is 11.3. The Bertz CT molecular complexity index is 1510. The molecule has 1 atom stereocenters. The Morgan fingerprint density at radius 1 is 0.952 bits per heavy atom. The zero-order valence-corrected chi connectivity index (χ0v) is 25.2. The van der Waals surface area contributed by atoms with Crippen molar-refractivity contribution in [2.24, 2.45) is 0 Å². The van der Waals surface area contributed by atoms with Crippen LogP contribution in [0.25, 0.3) is 0 Å². The molecule has 7 nitrogen and oxygen atoms in total. The number of carbonyl (C=O) groups excluding carboxylic acids is 2. The summed E-state index contributed by atoms with van der Waals surface area (Å²) in [6, 6.07) is 14.7. The number of amides is 2. The van der Waals surface area contributed by atoms with Gasteiger partial charge >= 0.3 is 6.18 Å². The van der Waals surface area contributed by atoms with Crippen LogP contribution in [0.3, 0.4) is 0 Å². The summed E-state index contributed by atoms with van der Waals surface area (Å²) in [5, 5.41) is 2.74. The second-order valence-electron chi connectivity index (χ2n) is 9.42. The number of benzene rings is 3. The molecule has 3 rings (SSSR count). The van der Waals surface area contributed by atoms with E-state index in [1.54, 1.807) is 30.3 Å². The van der Waals surface area contributed by atoms with Gasteiger partial charge in [-0.05, 0) is 55.3 Å². The molecule has 0 radical (unpaired) electrons. The van der Waals surface area contributed by atoms with Gasteiger partial charge < -0.3 is 10.2 Å². The number of alkyl halides is 3. The third-order valence-corrected chi connectivity index (χ3v) is 8.91. The number of sulfonamides is 1. The second-order valence-corrected chi connectivity index (χ2v) is 12.1. The molecule has 0 spiro atoms. The van der Waals surface area contributed by atoms with Gasteiger partial charge in [0.05, 0.1) is 21.2 Å². The predicted molar refractivity (Wildman–Crippen MR) is 157 cm³/mol. The van der Waals surface area contributed by atoms with Gasteiger partial charge in [0.25, 0.3) is 10.0 Å². The number of carbonyl (C=O) groups is 2. The van der Waals surface area contributed by atoms with Crippen LogP contribution in [0, 0.1) is 0 Å². The number of anilines is 1. The van der Waals surface area contributed by atoms with Crippen LogP contribution in [0.5, 0.6) is 0 Å². The Labute approximate surface area is 253 Å². The van der Waals surface area contributed by atoms with E-state index in [9.17, 15) is 31.2 Å². The molecule has 0 unspecified atom stereocenters. The summed E-state index contributed by atoms with van der Waals surface area (Å²) in [4.78, 5) is 27.8. The molecular weight excluding hydrogens is 614 g/mol. The van der Waals surface area contributed by atoms with E-state index in [1.807, 2.05) is 6.92 Å². The number of hydrogen-bond acceptors (Lipinski definition) is 4. The van der Waals surface area contributed by atoms with Crippen molar-refractivity contribution in [1.82, 2.24) is 10.2 Å². The van der Waals surface area contributed by atoms with Crippen molar-refractivity contribution in [2.75, 3.05) is 17.4 Å². The van der Waals surface area contributed by atoms with Gasteiger partial charge in [-0.2, -0.15) is 13.2 Å². The molecule has 3 aromatic rings. The van der Waals surface area contributed by atoms with Crippen LogP contribution >= 0.6 is 23.2 Å². The zero-order valence-electron chi connectivity index (χ0n) is 22.9. The van der Waals surface area contributed by atoms with Crippen molar-refractivity contribution in [3.63, 3.8) is 0 Å². The highest BCUT2D eigenvalue weighted by Gasteiger charge is 2.36. The van der Waals surface area contributed by atoms with E-state index < -0.39 is 51.9 Å². The van der Waals surface area contributed by atoms with Crippen molar-refractivity contribution in [3.05, 3.63) is 94.0 Å². The highest BCUT2D eigenvalue weighted by atomic mass is 35.5.